The van der Waals surface area contributed by atoms with Crippen molar-refractivity contribution in [1.82, 2.24) is 4.98 Å². The molecule has 3 aromatic rings. The summed E-state index contributed by atoms with van der Waals surface area (Å²) in [5.74, 6) is -0.428. The summed E-state index contributed by atoms with van der Waals surface area (Å²) in [6.45, 7) is 5.85. The Morgan fingerprint density at radius 1 is 1.07 bits per heavy atom. The minimum atomic E-state index is -0.395. The first kappa shape index (κ1) is 19.5. The van der Waals surface area contributed by atoms with E-state index < -0.39 is 5.97 Å². The van der Waals surface area contributed by atoms with Crippen molar-refractivity contribution in [2.75, 3.05) is 11.9 Å². The van der Waals surface area contributed by atoms with Gasteiger partial charge in [0.05, 0.1) is 23.4 Å². The second-order valence-corrected chi connectivity index (χ2v) is 6.56. The zero-order chi connectivity index (χ0) is 20.1. The largest absolute Gasteiger partial charge is 0.462 e. The molecule has 0 saturated carbocycles. The number of pyridine rings is 1. The molecule has 0 fully saturated rings. The Labute approximate surface area is 164 Å². The van der Waals surface area contributed by atoms with Crippen molar-refractivity contribution < 1.29 is 14.3 Å². The zero-order valence-corrected chi connectivity index (χ0v) is 16.4. The van der Waals surface area contributed by atoms with Crippen LogP contribution in [0, 0.1) is 6.92 Å². The molecule has 1 heterocycles. The molecular weight excluding hydrogens is 352 g/mol. The van der Waals surface area contributed by atoms with Crippen molar-refractivity contribution in [3.05, 3.63) is 59.8 Å². The number of fused-ring (bicyclic) bond motifs is 1. The SMILES string of the molecule is CCCC(=O)Nc1ccc2nc(C)c(C(=O)OCC)c(-c3ccccc3)c2c1. The summed E-state index contributed by atoms with van der Waals surface area (Å²) in [4.78, 5) is 29.3. The van der Waals surface area contributed by atoms with Gasteiger partial charge in [0, 0.05) is 23.1 Å². The molecule has 0 bridgehead atoms. The first-order chi connectivity index (χ1) is 13.5. The molecule has 0 saturated heterocycles. The number of rotatable bonds is 6. The predicted molar refractivity (Wildman–Crippen MR) is 111 cm³/mol. The minimum Gasteiger partial charge on any atom is -0.462 e. The van der Waals surface area contributed by atoms with Gasteiger partial charge in [-0.25, -0.2) is 4.79 Å². The summed E-state index contributed by atoms with van der Waals surface area (Å²) in [7, 11) is 0. The van der Waals surface area contributed by atoms with Crippen molar-refractivity contribution in [3.8, 4) is 11.1 Å². The third-order valence-corrected chi connectivity index (χ3v) is 4.47. The molecule has 5 nitrogen and oxygen atoms in total. The van der Waals surface area contributed by atoms with Crippen molar-refractivity contribution in [1.29, 1.82) is 0 Å². The minimum absolute atomic E-state index is 0.0335. The van der Waals surface area contributed by atoms with Crippen LogP contribution in [0.3, 0.4) is 0 Å². The van der Waals surface area contributed by atoms with Crippen LogP contribution in [0.15, 0.2) is 48.5 Å². The molecule has 0 atom stereocenters. The number of hydrogen-bond donors (Lipinski definition) is 1. The number of hydrogen-bond acceptors (Lipinski definition) is 4. The monoisotopic (exact) mass is 376 g/mol. The lowest BCUT2D eigenvalue weighted by atomic mass is 9.94. The van der Waals surface area contributed by atoms with Gasteiger partial charge in [-0.15, -0.1) is 0 Å². The highest BCUT2D eigenvalue weighted by Crippen LogP contribution is 2.35. The Hall–Kier alpha value is -3.21. The van der Waals surface area contributed by atoms with Gasteiger partial charge in [0.2, 0.25) is 5.91 Å². The summed E-state index contributed by atoms with van der Waals surface area (Å²) in [6.07, 6.45) is 1.24. The Balaban J connectivity index is 2.25. The van der Waals surface area contributed by atoms with Gasteiger partial charge < -0.3 is 10.1 Å². The molecule has 1 N–H and O–H groups in total. The van der Waals surface area contributed by atoms with Crippen LogP contribution < -0.4 is 5.32 Å². The van der Waals surface area contributed by atoms with Gasteiger partial charge in [0.25, 0.3) is 0 Å². The van der Waals surface area contributed by atoms with Crippen LogP contribution in [0.25, 0.3) is 22.0 Å². The van der Waals surface area contributed by atoms with Gasteiger partial charge in [-0.1, -0.05) is 37.3 Å². The smallest absolute Gasteiger partial charge is 0.340 e. The molecule has 0 aliphatic carbocycles. The summed E-state index contributed by atoms with van der Waals surface area (Å²) < 4.78 is 5.30. The van der Waals surface area contributed by atoms with Crippen LogP contribution in [0.2, 0.25) is 0 Å². The van der Waals surface area contributed by atoms with Crippen LogP contribution in [0.4, 0.5) is 5.69 Å². The molecule has 28 heavy (non-hydrogen) atoms. The summed E-state index contributed by atoms with van der Waals surface area (Å²) in [6, 6.07) is 15.3. The number of benzene rings is 2. The maximum atomic E-state index is 12.7. The molecule has 3 rings (SSSR count). The van der Waals surface area contributed by atoms with E-state index >= 15 is 0 Å². The Morgan fingerprint density at radius 3 is 2.50 bits per heavy atom. The van der Waals surface area contributed by atoms with Gasteiger partial charge in [0.1, 0.15) is 0 Å². The standard InChI is InChI=1S/C23H24N2O3/c1-4-9-20(26)25-17-12-13-19-18(14-17)22(16-10-7-6-8-11-16)21(15(3)24-19)23(27)28-5-2/h6-8,10-14H,4-5,9H2,1-3H3,(H,25,26). The van der Waals surface area contributed by atoms with E-state index in [2.05, 4.69) is 10.3 Å². The number of esters is 1. The van der Waals surface area contributed by atoms with Crippen LogP contribution in [0.1, 0.15) is 42.7 Å². The summed E-state index contributed by atoms with van der Waals surface area (Å²) in [5, 5.41) is 3.72. The van der Waals surface area contributed by atoms with E-state index in [1.165, 1.54) is 0 Å². The molecule has 144 valence electrons. The number of aromatic nitrogens is 1. The number of carbonyl (C=O) groups excluding carboxylic acids is 2. The Kier molecular flexibility index (Phi) is 6.04. The normalized spacial score (nSPS) is 10.7. The van der Waals surface area contributed by atoms with Crippen LogP contribution in [0.5, 0.6) is 0 Å². The third kappa shape index (κ3) is 4.03. The van der Waals surface area contributed by atoms with Gasteiger partial charge in [-0.3, -0.25) is 9.78 Å². The lowest BCUT2D eigenvalue weighted by Crippen LogP contribution is -2.12. The van der Waals surface area contributed by atoms with E-state index in [1.807, 2.05) is 62.4 Å². The summed E-state index contributed by atoms with van der Waals surface area (Å²) in [5.41, 5.74) is 4.19. The zero-order valence-electron chi connectivity index (χ0n) is 16.4. The lowest BCUT2D eigenvalue weighted by Gasteiger charge is -2.16. The molecule has 1 aromatic heterocycles. The van der Waals surface area contributed by atoms with Gasteiger partial charge in [0.15, 0.2) is 0 Å². The van der Waals surface area contributed by atoms with E-state index in [4.69, 9.17) is 4.74 Å². The topological polar surface area (TPSA) is 68.3 Å². The van der Waals surface area contributed by atoms with Crippen LogP contribution >= 0.6 is 0 Å². The maximum Gasteiger partial charge on any atom is 0.340 e. The molecule has 0 unspecified atom stereocenters. The molecule has 2 aromatic carbocycles. The van der Waals surface area contributed by atoms with E-state index in [9.17, 15) is 9.59 Å². The fourth-order valence-electron chi connectivity index (χ4n) is 3.27. The molecule has 0 radical (unpaired) electrons. The fourth-order valence-corrected chi connectivity index (χ4v) is 3.27. The predicted octanol–water partition coefficient (Wildman–Crippen LogP) is 5.13. The second-order valence-electron chi connectivity index (χ2n) is 6.56. The lowest BCUT2D eigenvalue weighted by molar-refractivity contribution is -0.116. The first-order valence-corrected chi connectivity index (χ1v) is 9.51. The highest BCUT2D eigenvalue weighted by atomic mass is 16.5. The highest BCUT2D eigenvalue weighted by Gasteiger charge is 2.21. The quantitative estimate of drug-likeness (QED) is 0.606. The molecule has 1 amide bonds. The maximum absolute atomic E-state index is 12.7. The molecule has 0 spiro atoms. The van der Waals surface area contributed by atoms with E-state index in [-0.39, 0.29) is 12.5 Å². The number of anilines is 1. The molecule has 0 aliphatic rings. The average Bonchev–Trinajstić information content (AvgIpc) is 2.68. The Morgan fingerprint density at radius 2 is 1.82 bits per heavy atom. The second kappa shape index (κ2) is 8.65. The number of amides is 1. The molecule has 5 heteroatoms. The van der Waals surface area contributed by atoms with Crippen molar-refractivity contribution in [2.45, 2.75) is 33.6 Å². The van der Waals surface area contributed by atoms with E-state index in [0.717, 1.165) is 28.5 Å². The molecule has 0 aliphatic heterocycles. The third-order valence-electron chi connectivity index (χ3n) is 4.47. The molecular formula is C23H24N2O3. The van der Waals surface area contributed by atoms with Crippen molar-refractivity contribution >= 4 is 28.5 Å². The highest BCUT2D eigenvalue weighted by molar-refractivity contribution is 6.09. The average molecular weight is 376 g/mol. The first-order valence-electron chi connectivity index (χ1n) is 9.51. The van der Waals surface area contributed by atoms with E-state index in [0.29, 0.717) is 23.4 Å². The van der Waals surface area contributed by atoms with Gasteiger partial charge >= 0.3 is 5.97 Å². The number of carbonyl (C=O) groups is 2. The number of ether oxygens (including phenoxy) is 1. The van der Waals surface area contributed by atoms with Crippen molar-refractivity contribution in [3.63, 3.8) is 0 Å². The van der Waals surface area contributed by atoms with Crippen LogP contribution in [-0.2, 0) is 9.53 Å². The Bertz CT molecular complexity index is 1010. The van der Waals surface area contributed by atoms with Crippen LogP contribution in [-0.4, -0.2) is 23.5 Å². The van der Waals surface area contributed by atoms with Crippen molar-refractivity contribution in [2.24, 2.45) is 0 Å². The van der Waals surface area contributed by atoms with E-state index in [1.54, 1.807) is 6.92 Å². The fraction of sp³-hybridized carbons (Fsp3) is 0.261. The summed E-state index contributed by atoms with van der Waals surface area (Å²) >= 11 is 0. The number of nitrogens with one attached hydrogen (secondary N) is 1. The van der Waals surface area contributed by atoms with Gasteiger partial charge in [-0.2, -0.15) is 0 Å². The number of nitrogens with zero attached hydrogens (tertiary/aromatic N) is 1. The van der Waals surface area contributed by atoms with Gasteiger partial charge in [-0.05, 0) is 44.0 Å². The number of aryl methyl sites for hydroxylation is 1.